The molecule has 1 saturated heterocycles. The molecule has 0 saturated carbocycles. The van der Waals surface area contributed by atoms with Crippen LogP contribution in [0.1, 0.15) is 11.5 Å². The summed E-state index contributed by atoms with van der Waals surface area (Å²) in [6.45, 7) is 3.13. The Balaban J connectivity index is 1.41. The highest BCUT2D eigenvalue weighted by Gasteiger charge is 2.21. The van der Waals surface area contributed by atoms with Crippen molar-refractivity contribution in [2.24, 2.45) is 0 Å². The fourth-order valence-corrected chi connectivity index (χ4v) is 3.32. The van der Waals surface area contributed by atoms with E-state index in [0.29, 0.717) is 61.0 Å². The molecule has 0 bridgehead atoms. The van der Waals surface area contributed by atoms with Crippen LogP contribution in [0.2, 0.25) is 0 Å². The summed E-state index contributed by atoms with van der Waals surface area (Å²) >= 11 is 0. The van der Waals surface area contributed by atoms with Gasteiger partial charge < -0.3 is 9.32 Å². The zero-order chi connectivity index (χ0) is 19.7. The summed E-state index contributed by atoms with van der Waals surface area (Å²) in [4.78, 5) is 18.8. The van der Waals surface area contributed by atoms with Crippen molar-refractivity contribution < 1.29 is 13.7 Å². The van der Waals surface area contributed by atoms with E-state index in [1.54, 1.807) is 18.2 Å². The molecule has 1 aliphatic heterocycles. The van der Waals surface area contributed by atoms with Crippen LogP contribution in [0.25, 0.3) is 11.1 Å². The minimum atomic E-state index is -0.463. The highest BCUT2D eigenvalue weighted by molar-refractivity contribution is 5.75. The molecule has 1 aliphatic rings. The number of oxazole rings is 1. The van der Waals surface area contributed by atoms with Crippen LogP contribution < -0.4 is 4.90 Å². The number of piperazine rings is 1. The predicted octanol–water partition coefficient (Wildman–Crippen LogP) is 3.07. The van der Waals surface area contributed by atoms with E-state index in [4.69, 9.17) is 9.68 Å². The summed E-state index contributed by atoms with van der Waals surface area (Å²) in [5.74, 6) is 0.0987. The average molecular weight is 381 g/mol. The number of hydrogen-bond acceptors (Lipinski definition) is 7. The zero-order valence-electron chi connectivity index (χ0n) is 14.8. The first kappa shape index (κ1) is 17.9. The molecule has 2 heterocycles. The summed E-state index contributed by atoms with van der Waals surface area (Å²) in [6.07, 6.45) is 0. The third kappa shape index (κ3) is 3.50. The Morgan fingerprint density at radius 3 is 2.68 bits per heavy atom. The van der Waals surface area contributed by atoms with Crippen molar-refractivity contribution in [1.29, 1.82) is 5.26 Å². The van der Waals surface area contributed by atoms with Gasteiger partial charge >= 0.3 is 0 Å². The second kappa shape index (κ2) is 7.25. The lowest BCUT2D eigenvalue weighted by Crippen LogP contribution is -2.46. The Morgan fingerprint density at radius 1 is 1.21 bits per heavy atom. The zero-order valence-corrected chi connectivity index (χ0v) is 14.8. The van der Waals surface area contributed by atoms with Crippen LogP contribution in [-0.4, -0.2) is 41.0 Å². The van der Waals surface area contributed by atoms with Crippen LogP contribution in [0, 0.1) is 27.3 Å². The molecule has 0 spiro atoms. The number of nitro benzene ring substituents is 1. The summed E-state index contributed by atoms with van der Waals surface area (Å²) in [5, 5.41) is 19.7. The Labute approximate surface area is 159 Å². The summed E-state index contributed by atoms with van der Waals surface area (Å²) in [6, 6.07) is 10.8. The Hall–Kier alpha value is -3.51. The van der Waals surface area contributed by atoms with E-state index in [9.17, 15) is 14.5 Å². The number of benzene rings is 2. The topological polar surface area (TPSA) is 99.4 Å². The molecule has 0 radical (unpaired) electrons. The number of nitro groups is 1. The van der Waals surface area contributed by atoms with Gasteiger partial charge in [-0.05, 0) is 24.3 Å². The van der Waals surface area contributed by atoms with Crippen LogP contribution in [0.5, 0.6) is 0 Å². The van der Waals surface area contributed by atoms with E-state index in [1.165, 1.54) is 18.2 Å². The minimum absolute atomic E-state index is 0.0228. The van der Waals surface area contributed by atoms with E-state index in [0.717, 1.165) is 0 Å². The van der Waals surface area contributed by atoms with Gasteiger partial charge in [0, 0.05) is 38.3 Å². The van der Waals surface area contributed by atoms with Crippen molar-refractivity contribution in [2.75, 3.05) is 31.1 Å². The van der Waals surface area contributed by atoms with Gasteiger partial charge in [0.1, 0.15) is 11.3 Å². The quantitative estimate of drug-likeness (QED) is 0.506. The molecular formula is C19H16FN5O3. The number of halogens is 1. The van der Waals surface area contributed by atoms with E-state index >= 15 is 0 Å². The number of hydrogen-bond donors (Lipinski definition) is 0. The van der Waals surface area contributed by atoms with Gasteiger partial charge in [-0.2, -0.15) is 5.26 Å². The molecule has 0 aliphatic carbocycles. The van der Waals surface area contributed by atoms with Crippen LogP contribution in [-0.2, 0) is 6.54 Å². The van der Waals surface area contributed by atoms with Crippen molar-refractivity contribution in [3.63, 3.8) is 0 Å². The van der Waals surface area contributed by atoms with E-state index in [2.05, 4.69) is 9.88 Å². The molecule has 142 valence electrons. The minimum Gasteiger partial charge on any atom is -0.439 e. The van der Waals surface area contributed by atoms with Gasteiger partial charge in [-0.1, -0.05) is 0 Å². The molecule has 0 N–H and O–H groups in total. The van der Waals surface area contributed by atoms with Crippen molar-refractivity contribution in [3.8, 4) is 6.07 Å². The molecule has 9 heteroatoms. The van der Waals surface area contributed by atoms with Crippen molar-refractivity contribution in [3.05, 3.63) is 63.8 Å². The second-order valence-corrected chi connectivity index (χ2v) is 6.56. The number of nitrogens with zero attached hydrogens (tertiary/aromatic N) is 5. The van der Waals surface area contributed by atoms with Crippen molar-refractivity contribution in [1.82, 2.24) is 9.88 Å². The molecule has 4 rings (SSSR count). The number of anilines is 1. The van der Waals surface area contributed by atoms with Crippen LogP contribution in [0.15, 0.2) is 40.8 Å². The van der Waals surface area contributed by atoms with E-state index in [-0.39, 0.29) is 5.69 Å². The largest absolute Gasteiger partial charge is 0.439 e. The molecule has 1 aromatic heterocycles. The smallest absolute Gasteiger partial charge is 0.271 e. The first-order chi connectivity index (χ1) is 13.5. The van der Waals surface area contributed by atoms with Gasteiger partial charge in [0.05, 0.1) is 28.8 Å². The van der Waals surface area contributed by atoms with Crippen LogP contribution >= 0.6 is 0 Å². The molecule has 0 amide bonds. The number of nitriles is 1. The maximum Gasteiger partial charge on any atom is 0.271 e. The first-order valence-corrected chi connectivity index (χ1v) is 8.74. The highest BCUT2D eigenvalue weighted by atomic mass is 19.1. The molecule has 28 heavy (non-hydrogen) atoms. The normalized spacial score (nSPS) is 14.9. The Bertz CT molecular complexity index is 1080. The third-order valence-corrected chi connectivity index (χ3v) is 4.77. The van der Waals surface area contributed by atoms with Gasteiger partial charge in [-0.25, -0.2) is 9.37 Å². The van der Waals surface area contributed by atoms with Crippen LogP contribution in [0.4, 0.5) is 15.8 Å². The van der Waals surface area contributed by atoms with E-state index in [1.807, 2.05) is 11.0 Å². The molecule has 3 aromatic rings. The lowest BCUT2D eigenvalue weighted by atomic mass is 10.2. The van der Waals surface area contributed by atoms with E-state index < -0.39 is 10.7 Å². The third-order valence-electron chi connectivity index (χ3n) is 4.77. The fourth-order valence-electron chi connectivity index (χ4n) is 3.32. The number of aromatic nitrogens is 1. The molecule has 0 unspecified atom stereocenters. The lowest BCUT2D eigenvalue weighted by Gasteiger charge is -2.35. The van der Waals surface area contributed by atoms with Crippen molar-refractivity contribution in [2.45, 2.75) is 6.54 Å². The molecule has 2 aromatic carbocycles. The SMILES string of the molecule is N#Cc1ccc(N2CCN(Cc3nc4cc([N+](=O)[O-])ccc4o3)CC2)c(F)c1. The maximum absolute atomic E-state index is 14.2. The van der Waals surface area contributed by atoms with Gasteiger partial charge in [0.15, 0.2) is 5.58 Å². The number of non-ortho nitro benzene ring substituents is 1. The predicted molar refractivity (Wildman–Crippen MR) is 99.3 cm³/mol. The second-order valence-electron chi connectivity index (χ2n) is 6.56. The molecular weight excluding hydrogens is 365 g/mol. The van der Waals surface area contributed by atoms with Gasteiger partial charge in [-0.15, -0.1) is 0 Å². The first-order valence-electron chi connectivity index (χ1n) is 8.74. The lowest BCUT2D eigenvalue weighted by molar-refractivity contribution is -0.384. The van der Waals surface area contributed by atoms with Crippen molar-refractivity contribution >= 4 is 22.5 Å². The van der Waals surface area contributed by atoms with Crippen LogP contribution in [0.3, 0.4) is 0 Å². The fraction of sp³-hybridized carbons (Fsp3) is 0.263. The van der Waals surface area contributed by atoms with Gasteiger partial charge in [0.2, 0.25) is 5.89 Å². The maximum atomic E-state index is 14.2. The monoisotopic (exact) mass is 381 g/mol. The number of fused-ring (bicyclic) bond motifs is 1. The summed E-state index contributed by atoms with van der Waals surface area (Å²) in [7, 11) is 0. The number of rotatable bonds is 4. The summed E-state index contributed by atoms with van der Waals surface area (Å²) in [5.41, 5.74) is 1.75. The Kier molecular flexibility index (Phi) is 4.63. The Morgan fingerprint density at radius 2 is 2.00 bits per heavy atom. The van der Waals surface area contributed by atoms with Gasteiger partial charge in [-0.3, -0.25) is 15.0 Å². The molecule has 1 fully saturated rings. The average Bonchev–Trinajstić information content (AvgIpc) is 3.10. The molecule has 0 atom stereocenters. The highest BCUT2D eigenvalue weighted by Crippen LogP contribution is 2.24. The molecule has 8 nitrogen and oxygen atoms in total. The summed E-state index contributed by atoms with van der Waals surface area (Å²) < 4.78 is 19.9. The standard InChI is InChI=1S/C19H16FN5O3/c20-15-9-13(11-21)1-3-17(15)24-7-5-23(6-8-24)12-19-22-16-10-14(25(26)27)2-4-18(16)28-19/h1-4,9-10H,5-8,12H2. The van der Waals surface area contributed by atoms with Gasteiger partial charge in [0.25, 0.3) is 5.69 Å².